The molecule has 2 amide bonds. The van der Waals surface area contributed by atoms with E-state index in [1.165, 1.54) is 0 Å². The zero-order valence-corrected chi connectivity index (χ0v) is 10.1. The molecule has 2 N–H and O–H groups in total. The van der Waals surface area contributed by atoms with Gasteiger partial charge in [0.25, 0.3) is 0 Å². The Morgan fingerprint density at radius 2 is 2.06 bits per heavy atom. The number of carbonyl (C=O) groups excluding carboxylic acids is 2. The van der Waals surface area contributed by atoms with Gasteiger partial charge >= 0.3 is 0 Å². The van der Waals surface area contributed by atoms with Crippen molar-refractivity contribution in [2.45, 2.75) is 12.8 Å². The van der Waals surface area contributed by atoms with E-state index in [9.17, 15) is 9.59 Å². The van der Waals surface area contributed by atoms with E-state index < -0.39 is 0 Å². The summed E-state index contributed by atoms with van der Waals surface area (Å²) in [6.45, 7) is 1.37. The van der Waals surface area contributed by atoms with E-state index in [4.69, 9.17) is 5.11 Å². The average molecular weight is 248 g/mol. The van der Waals surface area contributed by atoms with Gasteiger partial charge in [-0.3, -0.25) is 9.59 Å². The van der Waals surface area contributed by atoms with Crippen molar-refractivity contribution in [3.63, 3.8) is 0 Å². The first-order chi connectivity index (χ1) is 8.65. The van der Waals surface area contributed by atoms with Crippen molar-refractivity contribution < 1.29 is 14.7 Å². The summed E-state index contributed by atoms with van der Waals surface area (Å²) in [5.41, 5.74) is 0.836. The third-order valence-electron chi connectivity index (χ3n) is 2.91. The fourth-order valence-electron chi connectivity index (χ4n) is 1.92. The SMILES string of the molecule is O=C1CN(C(=O)Cc2ccc(O)cc2)CCCN1. The van der Waals surface area contributed by atoms with Crippen molar-refractivity contribution in [1.82, 2.24) is 10.2 Å². The molecule has 1 aliphatic heterocycles. The van der Waals surface area contributed by atoms with Crippen LogP contribution in [0.2, 0.25) is 0 Å². The molecule has 2 rings (SSSR count). The van der Waals surface area contributed by atoms with Gasteiger partial charge in [0.15, 0.2) is 0 Å². The molecule has 5 nitrogen and oxygen atoms in total. The molecule has 0 radical (unpaired) electrons. The van der Waals surface area contributed by atoms with Crippen LogP contribution in [-0.2, 0) is 16.0 Å². The van der Waals surface area contributed by atoms with Crippen molar-refractivity contribution in [2.24, 2.45) is 0 Å². The fourth-order valence-corrected chi connectivity index (χ4v) is 1.92. The molecule has 1 fully saturated rings. The van der Waals surface area contributed by atoms with E-state index in [2.05, 4.69) is 5.32 Å². The van der Waals surface area contributed by atoms with Gasteiger partial charge in [0, 0.05) is 13.1 Å². The number of nitrogens with one attached hydrogen (secondary N) is 1. The highest BCUT2D eigenvalue weighted by Gasteiger charge is 2.19. The Bertz CT molecular complexity index is 442. The summed E-state index contributed by atoms with van der Waals surface area (Å²) in [5.74, 6) is 0.0182. The summed E-state index contributed by atoms with van der Waals surface area (Å²) < 4.78 is 0. The summed E-state index contributed by atoms with van der Waals surface area (Å²) in [5, 5.41) is 11.9. The minimum Gasteiger partial charge on any atom is -0.508 e. The highest BCUT2D eigenvalue weighted by atomic mass is 16.3. The van der Waals surface area contributed by atoms with Gasteiger partial charge in [0.1, 0.15) is 5.75 Å². The van der Waals surface area contributed by atoms with Gasteiger partial charge in [-0.15, -0.1) is 0 Å². The maximum atomic E-state index is 12.0. The Hall–Kier alpha value is -2.04. The minimum atomic E-state index is -0.105. The standard InChI is InChI=1S/C13H16N2O3/c16-11-4-2-10(3-5-11)8-13(18)15-7-1-6-14-12(17)9-15/h2-5,16H,1,6-9H2,(H,14,17). The van der Waals surface area contributed by atoms with Gasteiger partial charge in [0.05, 0.1) is 13.0 Å². The molecule has 0 bridgehead atoms. The predicted molar refractivity (Wildman–Crippen MR) is 66.0 cm³/mol. The van der Waals surface area contributed by atoms with Gasteiger partial charge < -0.3 is 15.3 Å². The second-order valence-electron chi connectivity index (χ2n) is 4.36. The Kier molecular flexibility index (Phi) is 3.82. The van der Waals surface area contributed by atoms with Crippen LogP contribution in [-0.4, -0.2) is 41.5 Å². The smallest absolute Gasteiger partial charge is 0.239 e. The van der Waals surface area contributed by atoms with Gasteiger partial charge in [0.2, 0.25) is 11.8 Å². The number of hydrogen-bond donors (Lipinski definition) is 2. The lowest BCUT2D eigenvalue weighted by Crippen LogP contribution is -2.38. The van der Waals surface area contributed by atoms with E-state index in [1.807, 2.05) is 0 Å². The third kappa shape index (κ3) is 3.23. The number of rotatable bonds is 2. The lowest BCUT2D eigenvalue weighted by atomic mass is 10.1. The van der Waals surface area contributed by atoms with E-state index in [0.717, 1.165) is 12.0 Å². The summed E-state index contributed by atoms with van der Waals surface area (Å²) in [6.07, 6.45) is 1.04. The van der Waals surface area contributed by atoms with Crippen LogP contribution in [0.25, 0.3) is 0 Å². The lowest BCUT2D eigenvalue weighted by Gasteiger charge is -2.18. The first kappa shape index (κ1) is 12.4. The quantitative estimate of drug-likeness (QED) is 0.790. The van der Waals surface area contributed by atoms with Crippen molar-refractivity contribution in [2.75, 3.05) is 19.6 Å². The zero-order chi connectivity index (χ0) is 13.0. The molecule has 0 saturated carbocycles. The molecule has 5 heteroatoms. The van der Waals surface area contributed by atoms with Crippen LogP contribution in [0.15, 0.2) is 24.3 Å². The van der Waals surface area contributed by atoms with Crippen LogP contribution in [0.1, 0.15) is 12.0 Å². The van der Waals surface area contributed by atoms with Gasteiger partial charge in [-0.1, -0.05) is 12.1 Å². The van der Waals surface area contributed by atoms with E-state index >= 15 is 0 Å². The van der Waals surface area contributed by atoms with Crippen LogP contribution < -0.4 is 5.32 Å². The number of hydrogen-bond acceptors (Lipinski definition) is 3. The fraction of sp³-hybridized carbons (Fsp3) is 0.385. The second-order valence-corrected chi connectivity index (χ2v) is 4.36. The molecule has 1 saturated heterocycles. The first-order valence-electron chi connectivity index (χ1n) is 5.97. The Balaban J connectivity index is 1.98. The lowest BCUT2D eigenvalue weighted by molar-refractivity contribution is -0.134. The molecule has 0 aromatic heterocycles. The Morgan fingerprint density at radius 1 is 1.33 bits per heavy atom. The van der Waals surface area contributed by atoms with Gasteiger partial charge in [-0.2, -0.15) is 0 Å². The molecule has 0 aliphatic carbocycles. The van der Waals surface area contributed by atoms with Crippen LogP contribution in [0.5, 0.6) is 5.75 Å². The monoisotopic (exact) mass is 248 g/mol. The molecule has 1 aromatic rings. The van der Waals surface area contributed by atoms with Crippen LogP contribution in [0.3, 0.4) is 0 Å². The van der Waals surface area contributed by atoms with Crippen molar-refractivity contribution >= 4 is 11.8 Å². The number of carbonyl (C=O) groups is 2. The molecule has 96 valence electrons. The second kappa shape index (κ2) is 5.53. The van der Waals surface area contributed by atoms with Gasteiger partial charge in [-0.25, -0.2) is 0 Å². The Labute approximate surface area is 105 Å². The molecule has 1 aromatic carbocycles. The van der Waals surface area contributed by atoms with Crippen LogP contribution in [0.4, 0.5) is 0 Å². The highest BCUT2D eigenvalue weighted by molar-refractivity contribution is 5.86. The van der Waals surface area contributed by atoms with E-state index in [1.54, 1.807) is 29.2 Å². The van der Waals surface area contributed by atoms with Crippen molar-refractivity contribution in [3.05, 3.63) is 29.8 Å². The summed E-state index contributed by atoms with van der Waals surface area (Å²) in [4.78, 5) is 25.0. The maximum Gasteiger partial charge on any atom is 0.239 e. The topological polar surface area (TPSA) is 69.6 Å². The maximum absolute atomic E-state index is 12.0. The van der Waals surface area contributed by atoms with Crippen molar-refractivity contribution in [3.8, 4) is 5.75 Å². The van der Waals surface area contributed by atoms with E-state index in [0.29, 0.717) is 13.1 Å². The van der Waals surface area contributed by atoms with Gasteiger partial charge in [-0.05, 0) is 24.1 Å². The average Bonchev–Trinajstić information content (AvgIpc) is 2.57. The number of phenolic OH excluding ortho intramolecular Hbond substituents is 1. The summed E-state index contributed by atoms with van der Waals surface area (Å²) in [6, 6.07) is 6.53. The molecule has 0 atom stereocenters. The molecular weight excluding hydrogens is 232 g/mol. The summed E-state index contributed by atoms with van der Waals surface area (Å²) in [7, 11) is 0. The van der Waals surface area contributed by atoms with Crippen LogP contribution in [0, 0.1) is 0 Å². The van der Waals surface area contributed by atoms with Crippen molar-refractivity contribution in [1.29, 1.82) is 0 Å². The normalized spacial score (nSPS) is 16.0. The molecule has 0 unspecified atom stereocenters. The molecular formula is C13H16N2O3. The molecule has 1 heterocycles. The first-order valence-corrected chi connectivity index (χ1v) is 5.97. The largest absolute Gasteiger partial charge is 0.508 e. The highest BCUT2D eigenvalue weighted by Crippen LogP contribution is 2.11. The number of phenols is 1. The third-order valence-corrected chi connectivity index (χ3v) is 2.91. The zero-order valence-electron chi connectivity index (χ0n) is 10.1. The Morgan fingerprint density at radius 3 is 2.78 bits per heavy atom. The van der Waals surface area contributed by atoms with Crippen LogP contribution >= 0.6 is 0 Å². The molecule has 0 spiro atoms. The molecule has 18 heavy (non-hydrogen) atoms. The summed E-state index contributed by atoms with van der Waals surface area (Å²) >= 11 is 0. The molecule has 1 aliphatic rings. The van der Waals surface area contributed by atoms with E-state index in [-0.39, 0.29) is 30.5 Å². The number of amides is 2. The number of aromatic hydroxyl groups is 1. The number of benzene rings is 1. The minimum absolute atomic E-state index is 0.0576. The predicted octanol–water partition coefficient (Wildman–Crippen LogP) is 0.283. The number of nitrogens with zero attached hydrogens (tertiary/aromatic N) is 1.